The molecular formula is C12H14BrN3O2S. The Morgan fingerprint density at radius 3 is 3.16 bits per heavy atom. The van der Waals surface area contributed by atoms with E-state index < -0.39 is 0 Å². The lowest BCUT2D eigenvalue weighted by molar-refractivity contribution is 0.210. The summed E-state index contributed by atoms with van der Waals surface area (Å²) < 4.78 is 11.1. The first-order chi connectivity index (χ1) is 9.28. The summed E-state index contributed by atoms with van der Waals surface area (Å²) in [5, 5.41) is 6.90. The van der Waals surface area contributed by atoms with E-state index in [0.29, 0.717) is 30.7 Å². The fraction of sp³-hybridized carbons (Fsp3) is 0.333. The molecule has 1 N–H and O–H groups in total. The summed E-state index contributed by atoms with van der Waals surface area (Å²) >= 11 is 5.10. The van der Waals surface area contributed by atoms with Gasteiger partial charge in [-0.15, -0.1) is 11.8 Å². The van der Waals surface area contributed by atoms with Crippen LogP contribution in [0, 0.1) is 0 Å². The molecule has 0 aliphatic heterocycles. The van der Waals surface area contributed by atoms with E-state index in [4.69, 9.17) is 9.26 Å². The number of anilines is 1. The van der Waals surface area contributed by atoms with Crippen molar-refractivity contribution in [3.05, 3.63) is 34.6 Å². The summed E-state index contributed by atoms with van der Waals surface area (Å²) in [7, 11) is 1.65. The van der Waals surface area contributed by atoms with Crippen LogP contribution in [0.25, 0.3) is 0 Å². The monoisotopic (exact) mass is 343 g/mol. The van der Waals surface area contributed by atoms with E-state index >= 15 is 0 Å². The zero-order valence-corrected chi connectivity index (χ0v) is 12.8. The molecule has 1 heterocycles. The molecule has 5 nitrogen and oxygen atoms in total. The third-order valence-corrected chi connectivity index (χ3v) is 3.70. The van der Waals surface area contributed by atoms with E-state index in [1.165, 1.54) is 0 Å². The van der Waals surface area contributed by atoms with E-state index in [-0.39, 0.29) is 0 Å². The van der Waals surface area contributed by atoms with Crippen LogP contribution in [-0.2, 0) is 10.5 Å². The second-order valence-electron chi connectivity index (χ2n) is 3.68. The molecule has 2 rings (SSSR count). The van der Waals surface area contributed by atoms with Crippen molar-refractivity contribution in [3.8, 4) is 0 Å². The topological polar surface area (TPSA) is 60.2 Å². The smallest absolute Gasteiger partial charge is 0.321 e. The minimum Gasteiger partial charge on any atom is -0.383 e. The Hall–Kier alpha value is -1.05. The van der Waals surface area contributed by atoms with Crippen LogP contribution in [-0.4, -0.2) is 30.4 Å². The molecule has 7 heteroatoms. The standard InChI is InChI=1S/C12H14BrN3O2S/c1-17-6-5-14-12-15-11(16-18-12)8-19-10-4-2-3-9(13)7-10/h2-4,7H,5-6,8H2,1H3,(H,14,15,16). The van der Waals surface area contributed by atoms with E-state index in [0.717, 1.165) is 9.37 Å². The summed E-state index contributed by atoms with van der Waals surface area (Å²) in [5.41, 5.74) is 0. The maximum absolute atomic E-state index is 5.07. The SMILES string of the molecule is COCCNc1nc(CSc2cccc(Br)c2)no1. The largest absolute Gasteiger partial charge is 0.383 e. The minimum absolute atomic E-state index is 0.432. The molecule has 1 aromatic carbocycles. The third kappa shape index (κ3) is 4.85. The average molecular weight is 344 g/mol. The lowest BCUT2D eigenvalue weighted by atomic mass is 10.4. The molecule has 1 aromatic heterocycles. The highest BCUT2D eigenvalue weighted by atomic mass is 79.9. The maximum Gasteiger partial charge on any atom is 0.321 e. The Labute approximate surface area is 124 Å². The van der Waals surface area contributed by atoms with E-state index in [1.54, 1.807) is 18.9 Å². The van der Waals surface area contributed by atoms with E-state index in [1.807, 2.05) is 18.2 Å². The molecule has 0 bridgehead atoms. The van der Waals surface area contributed by atoms with Crippen molar-refractivity contribution in [2.24, 2.45) is 0 Å². The van der Waals surface area contributed by atoms with Crippen LogP contribution in [0.2, 0.25) is 0 Å². The molecule has 0 amide bonds. The molecule has 0 spiro atoms. The number of nitrogens with zero attached hydrogens (tertiary/aromatic N) is 2. The van der Waals surface area contributed by atoms with Gasteiger partial charge in [0.1, 0.15) is 0 Å². The normalized spacial score (nSPS) is 10.6. The minimum atomic E-state index is 0.432. The van der Waals surface area contributed by atoms with Gasteiger partial charge in [0.05, 0.1) is 12.4 Å². The molecule has 2 aromatic rings. The Bertz CT molecular complexity index is 521. The van der Waals surface area contributed by atoms with Gasteiger partial charge >= 0.3 is 6.01 Å². The summed E-state index contributed by atoms with van der Waals surface area (Å²) in [6, 6.07) is 8.54. The van der Waals surface area contributed by atoms with Gasteiger partial charge in [-0.2, -0.15) is 4.98 Å². The van der Waals surface area contributed by atoms with Crippen LogP contribution in [0.5, 0.6) is 0 Å². The Morgan fingerprint density at radius 1 is 1.47 bits per heavy atom. The molecule has 0 atom stereocenters. The lowest BCUT2D eigenvalue weighted by Crippen LogP contribution is -2.07. The van der Waals surface area contributed by atoms with Gasteiger partial charge in [0.25, 0.3) is 0 Å². The maximum atomic E-state index is 5.07. The zero-order chi connectivity index (χ0) is 13.5. The van der Waals surface area contributed by atoms with Crippen molar-refractivity contribution < 1.29 is 9.26 Å². The van der Waals surface area contributed by atoms with Crippen LogP contribution in [0.15, 0.2) is 38.2 Å². The summed E-state index contributed by atoms with van der Waals surface area (Å²) in [6.45, 7) is 1.25. The first-order valence-corrected chi connectivity index (χ1v) is 7.49. The number of halogens is 1. The van der Waals surface area contributed by atoms with Crippen LogP contribution < -0.4 is 5.32 Å². The van der Waals surface area contributed by atoms with Crippen molar-refractivity contribution in [3.63, 3.8) is 0 Å². The van der Waals surface area contributed by atoms with Crippen LogP contribution >= 0.6 is 27.7 Å². The van der Waals surface area contributed by atoms with Crippen molar-refractivity contribution in [1.82, 2.24) is 10.1 Å². The van der Waals surface area contributed by atoms with Gasteiger partial charge in [-0.25, -0.2) is 0 Å². The first kappa shape index (κ1) is 14.4. The van der Waals surface area contributed by atoms with Crippen LogP contribution in [0.1, 0.15) is 5.82 Å². The summed E-state index contributed by atoms with van der Waals surface area (Å²) in [5.74, 6) is 1.34. The molecule has 0 aliphatic rings. The molecule has 0 saturated carbocycles. The van der Waals surface area contributed by atoms with Crippen molar-refractivity contribution >= 4 is 33.7 Å². The van der Waals surface area contributed by atoms with Gasteiger partial charge in [-0.1, -0.05) is 27.2 Å². The van der Waals surface area contributed by atoms with Gasteiger partial charge in [0, 0.05) is 23.0 Å². The molecule has 0 aliphatic carbocycles. The Balaban J connectivity index is 1.83. The highest BCUT2D eigenvalue weighted by Crippen LogP contribution is 2.24. The first-order valence-electron chi connectivity index (χ1n) is 5.71. The van der Waals surface area contributed by atoms with E-state index in [9.17, 15) is 0 Å². The number of nitrogens with one attached hydrogen (secondary N) is 1. The molecule has 0 fully saturated rings. The predicted octanol–water partition coefficient (Wildman–Crippen LogP) is 3.18. The third-order valence-electron chi connectivity index (χ3n) is 2.21. The number of rotatable bonds is 7. The molecular weight excluding hydrogens is 330 g/mol. The van der Waals surface area contributed by atoms with Crippen LogP contribution in [0.4, 0.5) is 6.01 Å². The summed E-state index contributed by atoms with van der Waals surface area (Å²) in [6.07, 6.45) is 0. The van der Waals surface area contributed by atoms with Gasteiger partial charge in [0.2, 0.25) is 0 Å². The van der Waals surface area contributed by atoms with Crippen molar-refractivity contribution in [1.29, 1.82) is 0 Å². The van der Waals surface area contributed by atoms with E-state index in [2.05, 4.69) is 37.5 Å². The number of thioether (sulfide) groups is 1. The molecule has 0 radical (unpaired) electrons. The zero-order valence-electron chi connectivity index (χ0n) is 10.4. The number of hydrogen-bond acceptors (Lipinski definition) is 6. The molecule has 102 valence electrons. The second-order valence-corrected chi connectivity index (χ2v) is 5.65. The quantitative estimate of drug-likeness (QED) is 0.615. The highest BCUT2D eigenvalue weighted by molar-refractivity contribution is 9.10. The lowest BCUT2D eigenvalue weighted by Gasteiger charge is -1.99. The average Bonchev–Trinajstić information content (AvgIpc) is 2.85. The number of aromatic nitrogens is 2. The fourth-order valence-electron chi connectivity index (χ4n) is 1.35. The molecule has 0 saturated heterocycles. The second kappa shape index (κ2) is 7.52. The Morgan fingerprint density at radius 2 is 2.37 bits per heavy atom. The van der Waals surface area contributed by atoms with Gasteiger partial charge in [-0.3, -0.25) is 0 Å². The fourth-order valence-corrected chi connectivity index (χ4v) is 2.70. The number of ether oxygens (including phenoxy) is 1. The number of benzene rings is 1. The Kier molecular flexibility index (Phi) is 5.68. The van der Waals surface area contributed by atoms with Gasteiger partial charge in [-0.05, 0) is 18.2 Å². The highest BCUT2D eigenvalue weighted by Gasteiger charge is 2.06. The predicted molar refractivity (Wildman–Crippen MR) is 78.4 cm³/mol. The number of methoxy groups -OCH3 is 1. The van der Waals surface area contributed by atoms with Crippen molar-refractivity contribution in [2.45, 2.75) is 10.6 Å². The number of hydrogen-bond donors (Lipinski definition) is 1. The van der Waals surface area contributed by atoms with Gasteiger partial charge in [0.15, 0.2) is 5.82 Å². The van der Waals surface area contributed by atoms with Crippen molar-refractivity contribution in [2.75, 3.05) is 25.6 Å². The van der Waals surface area contributed by atoms with Crippen LogP contribution in [0.3, 0.4) is 0 Å². The molecule has 0 unspecified atom stereocenters. The summed E-state index contributed by atoms with van der Waals surface area (Å²) in [4.78, 5) is 5.40. The van der Waals surface area contributed by atoms with Gasteiger partial charge < -0.3 is 14.6 Å². The molecule has 19 heavy (non-hydrogen) atoms.